The van der Waals surface area contributed by atoms with Gasteiger partial charge in [0, 0.05) is 30.6 Å². The summed E-state index contributed by atoms with van der Waals surface area (Å²) in [7, 11) is 2.60. The molecule has 6 N–H and O–H groups in total. The number of hydrogen-bond acceptors (Lipinski definition) is 14. The average Bonchev–Trinajstić information content (AvgIpc) is 3.32. The van der Waals surface area contributed by atoms with Crippen molar-refractivity contribution in [3.8, 4) is 34.5 Å². The van der Waals surface area contributed by atoms with Crippen LogP contribution >= 0.6 is 0 Å². The molecule has 0 aliphatic carbocycles. The lowest BCUT2D eigenvalue weighted by Crippen LogP contribution is -2.44. The Morgan fingerprint density at radius 2 is 1.04 bits per heavy atom. The molecule has 0 spiro atoms. The highest BCUT2D eigenvalue weighted by Crippen LogP contribution is 2.37. The molecule has 0 saturated carbocycles. The minimum atomic E-state index is -4.32. The molecule has 0 fully saturated rings. The summed E-state index contributed by atoms with van der Waals surface area (Å²) in [5.41, 5.74) is 13.3. The van der Waals surface area contributed by atoms with Gasteiger partial charge in [0.25, 0.3) is 0 Å². The Bertz CT molecular complexity index is 2720. The van der Waals surface area contributed by atoms with E-state index in [1.165, 1.54) is 129 Å². The predicted molar refractivity (Wildman–Crippen MR) is 248 cm³/mol. The molecule has 5 aromatic rings. The van der Waals surface area contributed by atoms with Crippen LogP contribution in [0.2, 0.25) is 0 Å². The van der Waals surface area contributed by atoms with Gasteiger partial charge in [-0.05, 0) is 114 Å². The third-order valence-electron chi connectivity index (χ3n) is 10.3. The highest BCUT2D eigenvalue weighted by Gasteiger charge is 2.43. The van der Waals surface area contributed by atoms with Crippen LogP contribution in [-0.4, -0.2) is 79.3 Å². The van der Waals surface area contributed by atoms with Crippen molar-refractivity contribution in [1.29, 1.82) is 0 Å². The van der Waals surface area contributed by atoms with E-state index in [0.29, 0.717) is 11.1 Å². The Kier molecular flexibility index (Phi) is 18.4. The van der Waals surface area contributed by atoms with E-state index in [0.717, 1.165) is 12.2 Å². The number of aliphatic hydroxyl groups is 2. The van der Waals surface area contributed by atoms with Crippen molar-refractivity contribution in [1.82, 2.24) is 0 Å². The fourth-order valence-corrected chi connectivity index (χ4v) is 6.67. The first kappa shape index (κ1) is 54.1. The number of halogens is 6. The molecule has 376 valence electrons. The summed E-state index contributed by atoms with van der Waals surface area (Å²) in [5.74, 6) is -7.51. The zero-order valence-electron chi connectivity index (χ0n) is 38.1. The highest BCUT2D eigenvalue weighted by atomic mass is 19.4. The summed E-state index contributed by atoms with van der Waals surface area (Å²) in [4.78, 5) is 52.7. The Morgan fingerprint density at radius 3 is 1.46 bits per heavy atom. The van der Waals surface area contributed by atoms with Gasteiger partial charge in [-0.15, -0.1) is 0 Å². The topological polar surface area (TPSA) is 216 Å². The maximum Gasteiger partial charge on any atom is 0.389 e. The van der Waals surface area contributed by atoms with E-state index in [1.54, 1.807) is 0 Å². The van der Waals surface area contributed by atoms with Crippen LogP contribution in [-0.2, 0) is 9.59 Å². The molecule has 5 aromatic carbocycles. The van der Waals surface area contributed by atoms with E-state index >= 15 is 0 Å². The van der Waals surface area contributed by atoms with Crippen LogP contribution in [0.4, 0.5) is 37.7 Å². The van der Waals surface area contributed by atoms with Crippen molar-refractivity contribution in [2.75, 3.05) is 38.9 Å². The van der Waals surface area contributed by atoms with E-state index in [4.69, 9.17) is 39.9 Å². The second-order valence-corrected chi connectivity index (χ2v) is 15.7. The van der Waals surface area contributed by atoms with Crippen molar-refractivity contribution in [2.45, 2.75) is 56.2 Å². The fourth-order valence-electron chi connectivity index (χ4n) is 6.67. The summed E-state index contributed by atoms with van der Waals surface area (Å²) < 4.78 is 107. The van der Waals surface area contributed by atoms with E-state index < -0.39 is 66.8 Å². The first-order valence-electron chi connectivity index (χ1n) is 21.5. The first-order valence-corrected chi connectivity index (χ1v) is 21.5. The lowest BCUT2D eigenvalue weighted by atomic mass is 9.82. The van der Waals surface area contributed by atoms with Crippen LogP contribution in [0.25, 0.3) is 12.2 Å². The van der Waals surface area contributed by atoms with Gasteiger partial charge in [-0.2, -0.15) is 26.3 Å². The number of ketones is 2. The number of esters is 2. The molecule has 0 amide bonds. The number of nitrogens with two attached hydrogens (primary N) is 2. The number of ether oxygens (including phenoxy) is 6. The summed E-state index contributed by atoms with van der Waals surface area (Å²) in [5, 5.41) is 22.7. The number of anilines is 2. The minimum Gasteiger partial charge on any atom is -0.493 e. The number of benzene rings is 5. The number of methoxy groups -OCH3 is 2. The van der Waals surface area contributed by atoms with Gasteiger partial charge in [-0.3, -0.25) is 9.59 Å². The van der Waals surface area contributed by atoms with Gasteiger partial charge in [0.15, 0.2) is 28.8 Å². The largest absolute Gasteiger partial charge is 0.493 e. The van der Waals surface area contributed by atoms with Gasteiger partial charge in [0.05, 0.1) is 44.5 Å². The van der Waals surface area contributed by atoms with Crippen molar-refractivity contribution in [2.24, 2.45) is 0 Å². The van der Waals surface area contributed by atoms with Crippen LogP contribution < -0.4 is 39.9 Å². The zero-order valence-corrected chi connectivity index (χ0v) is 38.1. The number of alkyl halides is 6. The molecule has 0 bridgehead atoms. The quantitative estimate of drug-likeness (QED) is 0.00912. The molecule has 0 radical (unpaired) electrons. The lowest BCUT2D eigenvalue weighted by molar-refractivity contribution is -0.187. The Morgan fingerprint density at radius 1 is 0.592 bits per heavy atom. The van der Waals surface area contributed by atoms with Gasteiger partial charge >= 0.3 is 24.3 Å². The second-order valence-electron chi connectivity index (χ2n) is 15.7. The van der Waals surface area contributed by atoms with Crippen molar-refractivity contribution >= 4 is 47.0 Å². The number of carbonyl (C=O) groups is 4. The van der Waals surface area contributed by atoms with Gasteiger partial charge in [-0.25, -0.2) is 9.59 Å². The van der Waals surface area contributed by atoms with E-state index in [1.807, 2.05) is 0 Å². The van der Waals surface area contributed by atoms with Crippen LogP contribution in [0.3, 0.4) is 0 Å². The van der Waals surface area contributed by atoms with E-state index in [-0.39, 0.29) is 88.6 Å². The first-order chi connectivity index (χ1) is 33.5. The van der Waals surface area contributed by atoms with Crippen molar-refractivity contribution in [3.05, 3.63) is 143 Å². The van der Waals surface area contributed by atoms with E-state index in [2.05, 4.69) is 0 Å². The molecule has 0 aliphatic heterocycles. The number of hydrogen-bond donors (Lipinski definition) is 4. The molecule has 0 saturated heterocycles. The molecule has 14 nitrogen and oxygen atoms in total. The van der Waals surface area contributed by atoms with Gasteiger partial charge in [-0.1, -0.05) is 42.5 Å². The Labute approximate surface area is 403 Å². The molecule has 5 rings (SSSR count). The second kappa shape index (κ2) is 24.1. The fraction of sp³-hybridized carbons (Fsp3) is 0.255. The molecular formula is C51H48F6N2O12. The van der Waals surface area contributed by atoms with Crippen LogP contribution in [0.1, 0.15) is 75.4 Å². The smallest absolute Gasteiger partial charge is 0.389 e. The van der Waals surface area contributed by atoms with Gasteiger partial charge in [0.1, 0.15) is 11.5 Å². The third-order valence-corrected chi connectivity index (χ3v) is 10.3. The normalized spacial score (nSPS) is 12.4. The van der Waals surface area contributed by atoms with Gasteiger partial charge in [0.2, 0.25) is 11.6 Å². The molecule has 0 aromatic heterocycles. The Hall–Kier alpha value is -7.84. The van der Waals surface area contributed by atoms with Crippen LogP contribution in [0.5, 0.6) is 34.5 Å². The molecule has 1 unspecified atom stereocenters. The zero-order chi connectivity index (χ0) is 51.9. The summed E-state index contributed by atoms with van der Waals surface area (Å²) in [6.07, 6.45) is -7.13. The molecule has 0 aliphatic rings. The number of nitrogen functional groups attached to an aromatic ring is 2. The highest BCUT2D eigenvalue weighted by molar-refractivity contribution is 6.01. The maximum absolute atomic E-state index is 13.5. The summed E-state index contributed by atoms with van der Waals surface area (Å²) >= 11 is 0. The SMILES string of the molecule is COc1cc(C(=O)Oc2ccc(/C=C/C(=O)CC(c3ccc(N)cc3N)C(O)(O)C(=O)/C=C/c3ccc(OC(=O)c4ccc(OCCCC(F)(F)F)c(OC)c4)cc3)cc2)ccc1OCCCC(F)(F)F. The predicted octanol–water partition coefficient (Wildman–Crippen LogP) is 9.47. The maximum atomic E-state index is 13.5. The van der Waals surface area contributed by atoms with Crippen LogP contribution in [0, 0.1) is 0 Å². The number of carbonyl (C=O) groups excluding carboxylic acids is 4. The van der Waals surface area contributed by atoms with Gasteiger partial charge < -0.3 is 50.1 Å². The monoisotopic (exact) mass is 994 g/mol. The van der Waals surface area contributed by atoms with E-state index in [9.17, 15) is 55.7 Å². The standard InChI is InChI=1S/C51H48F6N2O12/c1-66-44-27-33(11-20-42(44)68-25-3-23-49(52,53)54)47(62)70-37-15-6-31(7-16-37)5-14-36(60)30-40(39-19-13-35(58)29-41(39)59)51(64,65)46(61)22-10-32-8-17-38(18-9-32)71-48(63)34-12-21-43(45(28-34)67-2)69-26-4-24-50(55,56)57/h5-22,27-29,40,64-65H,3-4,23-26,30,58-59H2,1-2H3/b14-5+,22-10+. The molecule has 71 heavy (non-hydrogen) atoms. The van der Waals surface area contributed by atoms with Crippen LogP contribution in [0.15, 0.2) is 115 Å². The molecule has 20 heteroatoms. The summed E-state index contributed by atoms with van der Waals surface area (Å²) in [6, 6.07) is 23.9. The molecule has 1 atom stereocenters. The Balaban J connectivity index is 1.20. The third kappa shape index (κ3) is 16.4. The van der Waals surface area contributed by atoms with Crippen molar-refractivity contribution < 1.29 is 84.2 Å². The minimum absolute atomic E-state index is 0.0172. The summed E-state index contributed by atoms with van der Waals surface area (Å²) in [6.45, 7) is -0.456. The molecular weight excluding hydrogens is 947 g/mol. The number of allylic oxidation sites excluding steroid dienone is 1. The van der Waals surface area contributed by atoms with Crippen molar-refractivity contribution in [3.63, 3.8) is 0 Å². The molecule has 0 heterocycles. The average molecular weight is 995 g/mol. The number of rotatable bonds is 23. The lowest BCUT2D eigenvalue weighted by Gasteiger charge is -2.30.